The lowest BCUT2D eigenvalue weighted by Gasteiger charge is -2.42. The number of nitrogens with zero attached hydrogens (tertiary/aromatic N) is 4. The lowest BCUT2D eigenvalue weighted by atomic mass is 9.34. The van der Waals surface area contributed by atoms with Gasteiger partial charge in [0.1, 0.15) is 22.7 Å². The zero-order valence-electron chi connectivity index (χ0n) is 59.6. The molecular weight excluding hydrogens is 1290 g/mol. The summed E-state index contributed by atoms with van der Waals surface area (Å²) in [4.78, 5) is 6.86. The van der Waals surface area contributed by atoms with E-state index < -0.39 is 30.2 Å². The molecule has 0 spiro atoms. The molecule has 12 aromatic carbocycles. The second-order valence-corrected chi connectivity index (χ2v) is 31.6. The van der Waals surface area contributed by atoms with E-state index in [1.54, 1.807) is 4.57 Å². The first-order valence-electron chi connectivity index (χ1n) is 35.0. The van der Waals surface area contributed by atoms with Gasteiger partial charge >= 0.3 is 12.4 Å². The first-order chi connectivity index (χ1) is 48.9. The van der Waals surface area contributed by atoms with Crippen LogP contribution in [-0.2, 0) is 34.0 Å². The molecule has 0 fully saturated rings. The molecular formula is C90H77BF6N4O2. The van der Waals surface area contributed by atoms with Crippen molar-refractivity contribution < 1.29 is 35.5 Å². The lowest BCUT2D eigenvalue weighted by molar-refractivity contribution is -0.138. The molecule has 0 aliphatic carbocycles. The number of ether oxygens (including phenoxy) is 1. The minimum Gasteiger partial charge on any atom is -0.458 e. The average Bonchev–Trinajstić information content (AvgIpc) is 1.67. The molecule has 2 aromatic heterocycles. The van der Waals surface area contributed by atoms with Gasteiger partial charge in [0, 0.05) is 73.7 Å². The molecule has 2 aliphatic rings. The van der Waals surface area contributed by atoms with Crippen LogP contribution in [0.25, 0.3) is 60.6 Å². The quantitative estimate of drug-likeness (QED) is 0.106. The van der Waals surface area contributed by atoms with Gasteiger partial charge < -0.3 is 28.4 Å². The minimum absolute atomic E-state index is 0.00178. The molecule has 16 rings (SSSR count). The van der Waals surface area contributed by atoms with Crippen LogP contribution >= 0.6 is 0 Å². The number of rotatable bonds is 9. The van der Waals surface area contributed by atoms with Crippen LogP contribution in [0.5, 0.6) is 11.5 Å². The molecule has 2 aliphatic heterocycles. The molecule has 14 aromatic rings. The lowest BCUT2D eigenvalue weighted by Crippen LogP contribution is -2.59. The fourth-order valence-corrected chi connectivity index (χ4v) is 15.3. The largest absolute Gasteiger partial charge is 0.458 e. The Morgan fingerprint density at radius 2 is 0.854 bits per heavy atom. The van der Waals surface area contributed by atoms with Gasteiger partial charge in [0.15, 0.2) is 0 Å². The molecule has 13 heteroatoms. The van der Waals surface area contributed by atoms with Crippen LogP contribution in [0.4, 0.5) is 77.5 Å². The highest BCUT2D eigenvalue weighted by molar-refractivity contribution is 7.00. The molecule has 0 amide bonds. The van der Waals surface area contributed by atoms with Gasteiger partial charge in [0.25, 0.3) is 6.71 Å². The summed E-state index contributed by atoms with van der Waals surface area (Å²) in [6, 6.07) is 80.7. The van der Waals surface area contributed by atoms with E-state index in [4.69, 9.17) is 9.15 Å². The maximum Gasteiger partial charge on any atom is 0.416 e. The normalized spacial score (nSPS) is 13.4. The Kier molecular flexibility index (Phi) is 15.4. The number of hydrogen-bond acceptors (Lipinski definition) is 5. The first-order valence-corrected chi connectivity index (χ1v) is 35.0. The summed E-state index contributed by atoms with van der Waals surface area (Å²) in [5, 5.41) is 1.78. The maximum atomic E-state index is 15.0. The smallest absolute Gasteiger partial charge is 0.416 e. The van der Waals surface area contributed by atoms with Crippen molar-refractivity contribution >= 4 is 118 Å². The van der Waals surface area contributed by atoms with Crippen LogP contribution in [0.3, 0.4) is 0 Å². The van der Waals surface area contributed by atoms with Crippen molar-refractivity contribution in [2.75, 3.05) is 14.7 Å². The van der Waals surface area contributed by atoms with Crippen LogP contribution in [0.2, 0.25) is 0 Å². The van der Waals surface area contributed by atoms with Gasteiger partial charge in [-0.05, 0) is 181 Å². The van der Waals surface area contributed by atoms with Crippen LogP contribution in [0.15, 0.2) is 253 Å². The fourth-order valence-electron chi connectivity index (χ4n) is 15.3. The number of fused-ring (bicyclic) bond motifs is 11. The Balaban J connectivity index is 1.05. The molecule has 514 valence electrons. The highest BCUT2D eigenvalue weighted by Gasteiger charge is 2.47. The van der Waals surface area contributed by atoms with E-state index in [9.17, 15) is 26.3 Å². The van der Waals surface area contributed by atoms with Crippen LogP contribution in [0.1, 0.15) is 116 Å². The van der Waals surface area contributed by atoms with Crippen molar-refractivity contribution in [3.05, 3.63) is 282 Å². The standard InChI is InChI=1S/C90H77BF6N4O2/c1-85(2,3)55-32-38-61(39-33-55)98(63-26-20-24-57(46-63)87(7,8)9)65-42-43-71-79(51-65)102-80-52-66(100-73-44-36-59(89(92,93)94)48-69(73)70-49-60(90(95,96)97)37-45-74(70)100)50-76-82(80)91(71)83-77(101(76)72-30-18-16-28-67(72)54-22-14-13-15-23-54)53-75(81-68-29-17-19-31-78(68)103-84(81)83)99(62-40-34-56(35-41-62)86(4,5)6)64-27-21-25-58(47-64)88(10,11)12/h13-53H,1-12H3. The summed E-state index contributed by atoms with van der Waals surface area (Å²) in [7, 11) is 0. The molecule has 0 saturated carbocycles. The predicted octanol–water partition coefficient (Wildman–Crippen LogP) is 24.9. The van der Waals surface area contributed by atoms with Gasteiger partial charge in [-0.25, -0.2) is 0 Å². The molecule has 0 saturated heterocycles. The first kappa shape index (κ1) is 66.6. The Morgan fingerprint density at radius 1 is 0.359 bits per heavy atom. The Bertz CT molecular complexity index is 5630. The Labute approximate surface area is 597 Å². The number of benzene rings is 12. The molecule has 6 nitrogen and oxygen atoms in total. The van der Waals surface area contributed by atoms with Gasteiger partial charge in [-0.3, -0.25) is 0 Å². The Morgan fingerprint density at radius 3 is 1.43 bits per heavy atom. The Hall–Kier alpha value is -10.9. The third-order valence-electron chi connectivity index (χ3n) is 20.7. The summed E-state index contributed by atoms with van der Waals surface area (Å²) in [6.07, 6.45) is -9.61. The average molecular weight is 1370 g/mol. The number of alkyl halides is 6. The van der Waals surface area contributed by atoms with Crippen LogP contribution < -0.4 is 35.8 Å². The summed E-state index contributed by atoms with van der Waals surface area (Å²) < 4.78 is 107. The highest BCUT2D eigenvalue weighted by Crippen LogP contribution is 2.53. The number of furan rings is 1. The fraction of sp³-hybridized carbons (Fsp3) is 0.200. The SMILES string of the molecule is CC(C)(C)c1ccc(N(c2cccc(C(C)(C)C)c2)c2ccc3c(c2)Oc2cc(-n4c5ccc(C(F)(F)F)cc5c5cc(C(F)(F)F)ccc54)cc4c2B3c2c(cc(N(c3ccc(C(C)(C)C)cc3)c3cccc(C(C)(C)C)c3)c3c2oc2ccccc23)N4c2ccccc2-c2ccccc2)cc1. The molecule has 0 atom stereocenters. The number of anilines is 9. The van der Waals surface area contributed by atoms with Crippen molar-refractivity contribution in [2.45, 2.75) is 117 Å². The summed E-state index contributed by atoms with van der Waals surface area (Å²) in [5.74, 6) is 0.956. The van der Waals surface area contributed by atoms with Crippen molar-refractivity contribution in [1.29, 1.82) is 0 Å². The zero-order valence-corrected chi connectivity index (χ0v) is 59.6. The van der Waals surface area contributed by atoms with Crippen molar-refractivity contribution in [2.24, 2.45) is 0 Å². The number of para-hydroxylation sites is 2. The summed E-state index contributed by atoms with van der Waals surface area (Å²) in [6.45, 7) is 25.9. The van der Waals surface area contributed by atoms with E-state index in [1.165, 1.54) is 23.3 Å². The van der Waals surface area contributed by atoms with Gasteiger partial charge in [0.2, 0.25) is 0 Å². The molecule has 4 heterocycles. The molecule has 0 radical (unpaired) electrons. The number of aromatic nitrogens is 1. The highest BCUT2D eigenvalue weighted by atomic mass is 19.4. The van der Waals surface area contributed by atoms with Gasteiger partial charge in [0.05, 0.1) is 44.6 Å². The third kappa shape index (κ3) is 11.6. The number of halogens is 6. The summed E-state index contributed by atoms with van der Waals surface area (Å²) in [5.41, 5.74) is 16.0. The van der Waals surface area contributed by atoms with E-state index in [2.05, 4.69) is 249 Å². The van der Waals surface area contributed by atoms with Crippen LogP contribution in [-0.4, -0.2) is 11.3 Å². The van der Waals surface area contributed by atoms with E-state index >= 15 is 0 Å². The molecule has 103 heavy (non-hydrogen) atoms. The van der Waals surface area contributed by atoms with Crippen molar-refractivity contribution in [3.63, 3.8) is 0 Å². The van der Waals surface area contributed by atoms with Gasteiger partial charge in [-0.1, -0.05) is 204 Å². The summed E-state index contributed by atoms with van der Waals surface area (Å²) >= 11 is 0. The van der Waals surface area contributed by atoms with Crippen LogP contribution in [0, 0.1) is 0 Å². The second-order valence-electron chi connectivity index (χ2n) is 31.6. The predicted molar refractivity (Wildman–Crippen MR) is 414 cm³/mol. The van der Waals surface area contributed by atoms with Gasteiger partial charge in [-0.2, -0.15) is 26.3 Å². The van der Waals surface area contributed by atoms with E-state index in [-0.39, 0.29) is 43.5 Å². The molecule has 0 N–H and O–H groups in total. The zero-order chi connectivity index (χ0) is 72.2. The topological polar surface area (TPSA) is 37.0 Å². The van der Waals surface area contributed by atoms with Gasteiger partial charge in [-0.15, -0.1) is 0 Å². The van der Waals surface area contributed by atoms with E-state index in [0.29, 0.717) is 34.0 Å². The molecule has 0 unspecified atom stereocenters. The van der Waals surface area contributed by atoms with Crippen molar-refractivity contribution in [3.8, 4) is 28.3 Å². The number of hydrogen-bond donors (Lipinski definition) is 0. The van der Waals surface area contributed by atoms with E-state index in [0.717, 1.165) is 119 Å². The van der Waals surface area contributed by atoms with E-state index in [1.807, 2.05) is 60.7 Å². The molecule has 0 bridgehead atoms. The third-order valence-corrected chi connectivity index (χ3v) is 20.7. The van der Waals surface area contributed by atoms with Crippen molar-refractivity contribution in [1.82, 2.24) is 4.57 Å². The monoisotopic (exact) mass is 1370 g/mol. The second kappa shape index (κ2) is 23.8. The maximum absolute atomic E-state index is 15.0. The minimum atomic E-state index is -4.80.